The zero-order chi connectivity index (χ0) is 18.7. The van der Waals surface area contributed by atoms with Crippen LogP contribution in [0.2, 0.25) is 0 Å². The van der Waals surface area contributed by atoms with Crippen LogP contribution in [0.15, 0.2) is 11.1 Å². The van der Waals surface area contributed by atoms with Gasteiger partial charge in [0.25, 0.3) is 0 Å². The normalized spacial score (nSPS) is 16.4. The summed E-state index contributed by atoms with van der Waals surface area (Å²) >= 11 is 0. The largest absolute Gasteiger partial charge is 0.481 e. The fourth-order valence-electron chi connectivity index (χ4n) is 3.17. The maximum absolute atomic E-state index is 12.5. The van der Waals surface area contributed by atoms with Crippen LogP contribution < -0.4 is 0 Å². The summed E-state index contributed by atoms with van der Waals surface area (Å²) in [5.74, 6) is -2.45. The van der Waals surface area contributed by atoms with Crippen molar-refractivity contribution in [3.8, 4) is 0 Å². The Balaban J connectivity index is 2.82. The quantitative estimate of drug-likeness (QED) is 0.410. The van der Waals surface area contributed by atoms with E-state index in [2.05, 4.69) is 0 Å². The Kier molecular flexibility index (Phi) is 10.1. The van der Waals surface area contributed by atoms with E-state index in [0.717, 1.165) is 44.9 Å². The summed E-state index contributed by atoms with van der Waals surface area (Å²) in [4.78, 5) is 35.0. The van der Waals surface area contributed by atoms with Gasteiger partial charge in [-0.15, -0.1) is 0 Å². The summed E-state index contributed by atoms with van der Waals surface area (Å²) in [6.07, 6.45) is 6.54. The maximum atomic E-state index is 12.5. The Labute approximate surface area is 149 Å². The Morgan fingerprint density at radius 3 is 2.24 bits per heavy atom. The Hall–Kier alpha value is -1.69. The predicted molar refractivity (Wildman–Crippen MR) is 93.5 cm³/mol. The van der Waals surface area contributed by atoms with Crippen molar-refractivity contribution in [2.24, 2.45) is 5.92 Å². The van der Waals surface area contributed by atoms with Gasteiger partial charge in [0.2, 0.25) is 0 Å². The number of carbonyl (C=O) groups is 3. The van der Waals surface area contributed by atoms with Crippen LogP contribution >= 0.6 is 0 Å². The van der Waals surface area contributed by atoms with Gasteiger partial charge in [-0.3, -0.25) is 9.59 Å². The van der Waals surface area contributed by atoms with Gasteiger partial charge in [-0.05, 0) is 31.3 Å². The molecule has 0 radical (unpaired) electrons. The number of ether oxygens (including phenoxy) is 1. The summed E-state index contributed by atoms with van der Waals surface area (Å²) in [5.41, 5.74) is 0.234. The minimum atomic E-state index is -1.26. The molecule has 1 saturated carbocycles. The van der Waals surface area contributed by atoms with Gasteiger partial charge in [0, 0.05) is 24.5 Å². The number of Topliss-reactive ketones (excluding diaryl/α,β-unsaturated/α-hetero) is 1. The van der Waals surface area contributed by atoms with Crippen LogP contribution in [0.5, 0.6) is 0 Å². The van der Waals surface area contributed by atoms with Gasteiger partial charge in [0.05, 0.1) is 13.0 Å². The van der Waals surface area contributed by atoms with Crippen molar-refractivity contribution in [3.63, 3.8) is 0 Å². The lowest BCUT2D eigenvalue weighted by molar-refractivity contribution is -0.139. The molecule has 0 aromatic carbocycles. The zero-order valence-electron chi connectivity index (χ0n) is 15.1. The van der Waals surface area contributed by atoms with Crippen molar-refractivity contribution in [1.29, 1.82) is 0 Å². The molecule has 6 heteroatoms. The first kappa shape index (κ1) is 21.4. The topological polar surface area (TPSA) is 101 Å². The molecule has 0 bridgehead atoms. The molecule has 2 N–H and O–H groups in total. The molecule has 0 spiro atoms. The molecule has 0 atom stereocenters. The molecule has 0 heterocycles. The number of ketones is 1. The molecule has 0 unspecified atom stereocenters. The maximum Gasteiger partial charge on any atom is 0.332 e. The third kappa shape index (κ3) is 8.29. The monoisotopic (exact) mass is 354 g/mol. The van der Waals surface area contributed by atoms with E-state index in [0.29, 0.717) is 18.8 Å². The number of rotatable bonds is 12. The van der Waals surface area contributed by atoms with Crippen molar-refractivity contribution in [3.05, 3.63) is 11.1 Å². The molecule has 0 aromatic rings. The van der Waals surface area contributed by atoms with E-state index in [4.69, 9.17) is 9.84 Å². The molecule has 1 fully saturated rings. The minimum Gasteiger partial charge on any atom is -0.481 e. The summed E-state index contributed by atoms with van der Waals surface area (Å²) in [7, 11) is 0. The number of aliphatic carboxylic acids is 2. The van der Waals surface area contributed by atoms with Crippen molar-refractivity contribution in [2.75, 3.05) is 13.2 Å². The third-order valence-corrected chi connectivity index (χ3v) is 4.65. The van der Waals surface area contributed by atoms with E-state index in [1.54, 1.807) is 0 Å². The highest BCUT2D eigenvalue weighted by atomic mass is 16.5. The van der Waals surface area contributed by atoms with Gasteiger partial charge in [-0.25, -0.2) is 4.79 Å². The molecule has 0 saturated heterocycles. The smallest absolute Gasteiger partial charge is 0.332 e. The Bertz CT molecular complexity index is 488. The number of carbonyl (C=O) groups excluding carboxylic acids is 1. The third-order valence-electron chi connectivity index (χ3n) is 4.65. The van der Waals surface area contributed by atoms with E-state index in [1.165, 1.54) is 0 Å². The summed E-state index contributed by atoms with van der Waals surface area (Å²) in [6, 6.07) is 0. The lowest BCUT2D eigenvalue weighted by Gasteiger charge is -2.21. The molecule has 25 heavy (non-hydrogen) atoms. The van der Waals surface area contributed by atoms with Gasteiger partial charge in [0.15, 0.2) is 0 Å². The van der Waals surface area contributed by atoms with Crippen LogP contribution in [0.1, 0.15) is 71.1 Å². The number of hydrogen-bond donors (Lipinski definition) is 2. The molecule has 1 aliphatic carbocycles. The minimum absolute atomic E-state index is 0.0235. The lowest BCUT2D eigenvalue weighted by atomic mass is 9.83. The number of carboxylic acid groups (broad SMARTS) is 2. The Morgan fingerprint density at radius 2 is 1.68 bits per heavy atom. The summed E-state index contributed by atoms with van der Waals surface area (Å²) in [5, 5.41) is 18.4. The molecular formula is C19H30O6. The van der Waals surface area contributed by atoms with Gasteiger partial charge < -0.3 is 14.9 Å². The first-order valence-electron chi connectivity index (χ1n) is 9.22. The highest BCUT2D eigenvalue weighted by Crippen LogP contribution is 2.28. The first-order valence-corrected chi connectivity index (χ1v) is 9.22. The van der Waals surface area contributed by atoms with E-state index in [1.807, 2.05) is 6.92 Å². The van der Waals surface area contributed by atoms with Crippen LogP contribution in [-0.2, 0) is 19.1 Å². The number of hydrogen-bond acceptors (Lipinski definition) is 4. The molecule has 1 rings (SSSR count). The molecular weight excluding hydrogens is 324 g/mol. The summed E-state index contributed by atoms with van der Waals surface area (Å²) in [6.45, 7) is 2.94. The van der Waals surface area contributed by atoms with Crippen LogP contribution in [0.4, 0.5) is 0 Å². The number of unbranched alkanes of at least 4 members (excludes halogenated alkanes) is 1. The average molecular weight is 354 g/mol. The van der Waals surface area contributed by atoms with Gasteiger partial charge in [-0.1, -0.05) is 32.6 Å². The van der Waals surface area contributed by atoms with E-state index in [9.17, 15) is 19.5 Å². The first-order chi connectivity index (χ1) is 12.0. The van der Waals surface area contributed by atoms with Crippen molar-refractivity contribution in [1.82, 2.24) is 0 Å². The second-order valence-corrected chi connectivity index (χ2v) is 6.65. The highest BCUT2D eigenvalue weighted by Gasteiger charge is 2.25. The molecule has 1 aliphatic rings. The zero-order valence-corrected chi connectivity index (χ0v) is 15.1. The molecule has 6 nitrogen and oxygen atoms in total. The summed E-state index contributed by atoms with van der Waals surface area (Å²) < 4.78 is 5.48. The number of carboxylic acids is 2. The fourth-order valence-corrected chi connectivity index (χ4v) is 3.17. The van der Waals surface area contributed by atoms with Crippen LogP contribution in [0.3, 0.4) is 0 Å². The second kappa shape index (κ2) is 11.8. The fraction of sp³-hybridized carbons (Fsp3) is 0.737. The second-order valence-electron chi connectivity index (χ2n) is 6.65. The van der Waals surface area contributed by atoms with E-state index >= 15 is 0 Å². The standard InChI is InChI=1S/C19H30O6/c1-2-3-10-25-11-9-15(16(19(23)24)13-18(21)22)12-17(20)14-7-5-4-6-8-14/h14H,2-13H2,1H3,(H,21,22)(H,23,24). The van der Waals surface area contributed by atoms with Crippen molar-refractivity contribution in [2.45, 2.75) is 71.1 Å². The van der Waals surface area contributed by atoms with Crippen molar-refractivity contribution >= 4 is 17.7 Å². The van der Waals surface area contributed by atoms with Gasteiger partial charge in [-0.2, -0.15) is 0 Å². The lowest BCUT2D eigenvalue weighted by Crippen LogP contribution is -2.20. The Morgan fingerprint density at radius 1 is 1.00 bits per heavy atom. The van der Waals surface area contributed by atoms with Crippen LogP contribution in [0.25, 0.3) is 0 Å². The van der Waals surface area contributed by atoms with Gasteiger partial charge >= 0.3 is 11.9 Å². The van der Waals surface area contributed by atoms with E-state index in [-0.39, 0.29) is 30.1 Å². The molecule has 0 aliphatic heterocycles. The molecule has 142 valence electrons. The van der Waals surface area contributed by atoms with Gasteiger partial charge in [0.1, 0.15) is 5.78 Å². The highest BCUT2D eigenvalue weighted by molar-refractivity contribution is 5.94. The van der Waals surface area contributed by atoms with Crippen LogP contribution in [-0.4, -0.2) is 41.1 Å². The van der Waals surface area contributed by atoms with E-state index < -0.39 is 18.4 Å². The average Bonchev–Trinajstić information content (AvgIpc) is 2.59. The van der Waals surface area contributed by atoms with Crippen LogP contribution in [0, 0.1) is 5.92 Å². The predicted octanol–water partition coefficient (Wildman–Crippen LogP) is 3.59. The van der Waals surface area contributed by atoms with Crippen molar-refractivity contribution < 1.29 is 29.3 Å². The molecule has 0 aromatic heterocycles. The SMILES string of the molecule is CCCCOCCC(CC(=O)C1CCCCC1)=C(CC(=O)O)C(=O)O. The molecule has 0 amide bonds.